The molecule has 1 N–H and O–H groups in total. The van der Waals surface area contributed by atoms with Gasteiger partial charge in [-0.3, -0.25) is 9.88 Å². The Morgan fingerprint density at radius 3 is 2.42 bits per heavy atom. The van der Waals surface area contributed by atoms with Crippen LogP contribution in [-0.2, 0) is 16.6 Å². The molecule has 0 radical (unpaired) electrons. The Balaban J connectivity index is 1.46. The number of nitrogens with zero attached hydrogens (tertiary/aromatic N) is 2. The van der Waals surface area contributed by atoms with Gasteiger partial charge in [-0.2, -0.15) is 0 Å². The van der Waals surface area contributed by atoms with Crippen molar-refractivity contribution < 1.29 is 8.42 Å². The van der Waals surface area contributed by atoms with E-state index in [0.717, 1.165) is 38.2 Å². The van der Waals surface area contributed by atoms with Crippen LogP contribution < -0.4 is 4.72 Å². The number of piperidine rings is 1. The Labute approximate surface area is 143 Å². The van der Waals surface area contributed by atoms with Gasteiger partial charge in [0.05, 0.1) is 10.6 Å². The van der Waals surface area contributed by atoms with E-state index in [-0.39, 0.29) is 0 Å². The number of aromatic nitrogens is 1. The Hall–Kier alpha value is -1.76. The Morgan fingerprint density at radius 2 is 1.75 bits per heavy atom. The minimum atomic E-state index is -3.40. The molecule has 1 aromatic heterocycles. The average molecular weight is 345 g/mol. The standard InChI is InChI=1S/C18H23N3O2S/c22-24(23,18-7-2-1-3-8-18)20-14-16-9-12-21(13-10-16)15-17-6-4-5-11-19-17/h1-8,11,16,20H,9-10,12-15H2. The molecule has 24 heavy (non-hydrogen) atoms. The zero-order valence-corrected chi connectivity index (χ0v) is 14.5. The minimum Gasteiger partial charge on any atom is -0.297 e. The van der Waals surface area contributed by atoms with Crippen LogP contribution >= 0.6 is 0 Å². The van der Waals surface area contributed by atoms with Gasteiger partial charge in [-0.15, -0.1) is 0 Å². The third-order valence-electron chi connectivity index (χ3n) is 4.43. The van der Waals surface area contributed by atoms with E-state index in [4.69, 9.17) is 0 Å². The average Bonchev–Trinajstić information content (AvgIpc) is 2.63. The van der Waals surface area contributed by atoms with Crippen molar-refractivity contribution in [3.05, 3.63) is 60.4 Å². The van der Waals surface area contributed by atoms with Gasteiger partial charge in [0.15, 0.2) is 0 Å². The molecule has 1 saturated heterocycles. The molecule has 0 saturated carbocycles. The highest BCUT2D eigenvalue weighted by Crippen LogP contribution is 2.19. The molecular weight excluding hydrogens is 322 g/mol. The van der Waals surface area contributed by atoms with E-state index in [0.29, 0.717) is 17.4 Å². The fraction of sp³-hybridized carbons (Fsp3) is 0.389. The van der Waals surface area contributed by atoms with Crippen LogP contribution in [0.15, 0.2) is 59.6 Å². The molecule has 0 amide bonds. The highest BCUT2D eigenvalue weighted by molar-refractivity contribution is 7.89. The topological polar surface area (TPSA) is 62.3 Å². The zero-order chi connectivity index (χ0) is 16.8. The first kappa shape index (κ1) is 17.1. The van der Waals surface area contributed by atoms with Crippen LogP contribution in [0.25, 0.3) is 0 Å². The molecule has 0 bridgehead atoms. The van der Waals surface area contributed by atoms with Crippen molar-refractivity contribution in [3.8, 4) is 0 Å². The van der Waals surface area contributed by atoms with Crippen molar-refractivity contribution in [1.29, 1.82) is 0 Å². The number of hydrogen-bond acceptors (Lipinski definition) is 4. The monoisotopic (exact) mass is 345 g/mol. The van der Waals surface area contributed by atoms with Crippen molar-refractivity contribution in [2.75, 3.05) is 19.6 Å². The van der Waals surface area contributed by atoms with Gasteiger partial charge < -0.3 is 0 Å². The van der Waals surface area contributed by atoms with E-state index in [2.05, 4.69) is 14.6 Å². The number of likely N-dealkylation sites (tertiary alicyclic amines) is 1. The molecule has 0 unspecified atom stereocenters. The molecule has 1 fully saturated rings. The number of benzene rings is 1. The van der Waals surface area contributed by atoms with E-state index in [9.17, 15) is 8.42 Å². The summed E-state index contributed by atoms with van der Waals surface area (Å²) in [4.78, 5) is 7.07. The van der Waals surface area contributed by atoms with Crippen molar-refractivity contribution >= 4 is 10.0 Å². The molecule has 3 rings (SSSR count). The van der Waals surface area contributed by atoms with Gasteiger partial charge in [0.2, 0.25) is 10.0 Å². The smallest absolute Gasteiger partial charge is 0.240 e. The Bertz CT molecular complexity index is 727. The lowest BCUT2D eigenvalue weighted by atomic mass is 9.97. The number of hydrogen-bond donors (Lipinski definition) is 1. The summed E-state index contributed by atoms with van der Waals surface area (Å²) in [6.07, 6.45) is 3.83. The van der Waals surface area contributed by atoms with Crippen LogP contribution in [0.3, 0.4) is 0 Å². The summed E-state index contributed by atoms with van der Waals surface area (Å²) in [6, 6.07) is 14.5. The van der Waals surface area contributed by atoms with Gasteiger partial charge >= 0.3 is 0 Å². The third-order valence-corrected chi connectivity index (χ3v) is 5.87. The second-order valence-corrected chi connectivity index (χ2v) is 7.97. The molecule has 1 aromatic carbocycles. The fourth-order valence-corrected chi connectivity index (χ4v) is 4.12. The van der Waals surface area contributed by atoms with Gasteiger partial charge in [0.1, 0.15) is 0 Å². The SMILES string of the molecule is O=S(=O)(NCC1CCN(Cc2ccccn2)CC1)c1ccccc1. The van der Waals surface area contributed by atoms with Crippen molar-refractivity contribution in [1.82, 2.24) is 14.6 Å². The van der Waals surface area contributed by atoms with E-state index in [1.54, 1.807) is 24.3 Å². The van der Waals surface area contributed by atoms with Gasteiger partial charge in [0, 0.05) is 19.3 Å². The summed E-state index contributed by atoms with van der Waals surface area (Å²) < 4.78 is 27.3. The first-order valence-electron chi connectivity index (χ1n) is 8.30. The van der Waals surface area contributed by atoms with Crippen LogP contribution in [-0.4, -0.2) is 37.9 Å². The number of sulfonamides is 1. The Kier molecular flexibility index (Phi) is 5.60. The molecule has 6 heteroatoms. The van der Waals surface area contributed by atoms with Gasteiger partial charge in [-0.05, 0) is 56.1 Å². The molecule has 0 spiro atoms. The minimum absolute atomic E-state index is 0.331. The van der Waals surface area contributed by atoms with Crippen LogP contribution in [0, 0.1) is 5.92 Å². The predicted molar refractivity (Wildman–Crippen MR) is 93.9 cm³/mol. The van der Waals surface area contributed by atoms with Crippen molar-refractivity contribution in [2.24, 2.45) is 5.92 Å². The highest BCUT2D eigenvalue weighted by atomic mass is 32.2. The van der Waals surface area contributed by atoms with E-state index in [1.807, 2.05) is 30.5 Å². The van der Waals surface area contributed by atoms with Crippen LogP contribution in [0.4, 0.5) is 0 Å². The molecule has 2 heterocycles. The molecular formula is C18H23N3O2S. The molecule has 0 atom stereocenters. The highest BCUT2D eigenvalue weighted by Gasteiger charge is 2.22. The maximum Gasteiger partial charge on any atom is 0.240 e. The van der Waals surface area contributed by atoms with Crippen molar-refractivity contribution in [2.45, 2.75) is 24.3 Å². The molecule has 5 nitrogen and oxygen atoms in total. The molecule has 128 valence electrons. The van der Waals surface area contributed by atoms with Gasteiger partial charge in [0.25, 0.3) is 0 Å². The second kappa shape index (κ2) is 7.88. The lowest BCUT2D eigenvalue weighted by molar-refractivity contribution is 0.177. The second-order valence-electron chi connectivity index (χ2n) is 6.21. The largest absolute Gasteiger partial charge is 0.297 e. The fourth-order valence-electron chi connectivity index (χ4n) is 2.98. The quantitative estimate of drug-likeness (QED) is 0.872. The first-order chi connectivity index (χ1) is 11.6. The summed E-state index contributed by atoms with van der Waals surface area (Å²) in [5.41, 5.74) is 1.08. The van der Waals surface area contributed by atoms with Gasteiger partial charge in [-0.1, -0.05) is 24.3 Å². The maximum atomic E-state index is 12.3. The molecule has 2 aromatic rings. The van der Waals surface area contributed by atoms with E-state index in [1.165, 1.54) is 0 Å². The maximum absolute atomic E-state index is 12.3. The zero-order valence-electron chi connectivity index (χ0n) is 13.6. The molecule has 1 aliphatic heterocycles. The summed E-state index contributed by atoms with van der Waals surface area (Å²) >= 11 is 0. The molecule has 1 aliphatic rings. The normalized spacial score (nSPS) is 17.0. The number of pyridine rings is 1. The van der Waals surface area contributed by atoms with Gasteiger partial charge in [-0.25, -0.2) is 13.1 Å². The summed E-state index contributed by atoms with van der Waals surface area (Å²) in [7, 11) is -3.40. The number of rotatable bonds is 6. The molecule has 0 aliphatic carbocycles. The Morgan fingerprint density at radius 1 is 1.04 bits per heavy atom. The van der Waals surface area contributed by atoms with Crippen LogP contribution in [0.1, 0.15) is 18.5 Å². The van der Waals surface area contributed by atoms with Crippen LogP contribution in [0.2, 0.25) is 0 Å². The van der Waals surface area contributed by atoms with E-state index < -0.39 is 10.0 Å². The lowest BCUT2D eigenvalue weighted by Crippen LogP contribution is -2.38. The van der Waals surface area contributed by atoms with E-state index >= 15 is 0 Å². The summed E-state index contributed by atoms with van der Waals surface area (Å²) in [6.45, 7) is 3.33. The summed E-state index contributed by atoms with van der Waals surface area (Å²) in [5, 5.41) is 0. The number of nitrogens with one attached hydrogen (secondary N) is 1. The first-order valence-corrected chi connectivity index (χ1v) is 9.79. The summed E-state index contributed by atoms with van der Waals surface area (Å²) in [5.74, 6) is 0.392. The van der Waals surface area contributed by atoms with Crippen LogP contribution in [0.5, 0.6) is 0 Å². The predicted octanol–water partition coefficient (Wildman–Crippen LogP) is 2.27. The lowest BCUT2D eigenvalue weighted by Gasteiger charge is -2.31. The third kappa shape index (κ3) is 4.63. The van der Waals surface area contributed by atoms with Crippen molar-refractivity contribution in [3.63, 3.8) is 0 Å².